The molecule has 3 aromatic carbocycles. The quantitative estimate of drug-likeness (QED) is 0.317. The molecule has 6 N–H and O–H groups in total. The van der Waals surface area contributed by atoms with Crippen molar-refractivity contribution in [3.63, 3.8) is 0 Å². The number of phenolic OH excluding ortho intramolecular Hbond substituents is 6. The predicted molar refractivity (Wildman–Crippen MR) is 94.9 cm³/mol. The van der Waals surface area contributed by atoms with Gasteiger partial charge >= 0.3 is 0 Å². The zero-order valence-electron chi connectivity index (χ0n) is 13.9. The minimum Gasteiger partial charge on any atom is -0.508 e. The van der Waals surface area contributed by atoms with E-state index < -0.39 is 5.41 Å². The molecule has 0 aliphatic carbocycles. The van der Waals surface area contributed by atoms with Gasteiger partial charge in [0.25, 0.3) is 0 Å². The Kier molecular flexibility index (Phi) is 4.04. The summed E-state index contributed by atoms with van der Waals surface area (Å²) >= 11 is 0. The maximum Gasteiger partial charge on any atom is 0.123 e. The molecule has 6 heteroatoms. The largest absolute Gasteiger partial charge is 0.508 e. The normalized spacial score (nSPS) is 11.4. The summed E-state index contributed by atoms with van der Waals surface area (Å²) in [6.45, 7) is 1.61. The van der Waals surface area contributed by atoms with E-state index in [9.17, 15) is 30.6 Å². The standard InChI is InChI=1S/C20H18O6/c1-20(14-5-2-13(23)10-19(14)26,15-8-11(21)3-6-17(15)24)16-9-12(22)4-7-18(16)25/h2-10,21-26H,1H3. The number of benzene rings is 3. The minimum absolute atomic E-state index is 0.123. The minimum atomic E-state index is -1.36. The van der Waals surface area contributed by atoms with Crippen LogP contribution in [0.5, 0.6) is 34.5 Å². The lowest BCUT2D eigenvalue weighted by Gasteiger charge is -2.33. The van der Waals surface area contributed by atoms with Crippen LogP contribution in [0, 0.1) is 0 Å². The summed E-state index contributed by atoms with van der Waals surface area (Å²) in [6, 6.07) is 11.7. The van der Waals surface area contributed by atoms with Gasteiger partial charge in [-0.1, -0.05) is 6.07 Å². The van der Waals surface area contributed by atoms with Crippen LogP contribution in [0.15, 0.2) is 54.6 Å². The van der Waals surface area contributed by atoms with E-state index in [1.807, 2.05) is 0 Å². The molecule has 3 rings (SSSR count). The zero-order valence-corrected chi connectivity index (χ0v) is 13.9. The molecule has 0 aliphatic rings. The summed E-state index contributed by atoms with van der Waals surface area (Å²) in [6.07, 6.45) is 0. The zero-order chi connectivity index (χ0) is 19.1. The fourth-order valence-electron chi connectivity index (χ4n) is 3.23. The maximum absolute atomic E-state index is 10.4. The highest BCUT2D eigenvalue weighted by molar-refractivity contribution is 5.63. The van der Waals surface area contributed by atoms with Crippen molar-refractivity contribution in [2.45, 2.75) is 12.3 Å². The van der Waals surface area contributed by atoms with E-state index in [4.69, 9.17) is 0 Å². The molecular formula is C20H18O6. The first-order valence-corrected chi connectivity index (χ1v) is 7.81. The molecular weight excluding hydrogens is 336 g/mol. The van der Waals surface area contributed by atoms with Gasteiger partial charge in [-0.05, 0) is 49.4 Å². The van der Waals surface area contributed by atoms with Gasteiger partial charge in [-0.25, -0.2) is 0 Å². The molecule has 0 bridgehead atoms. The van der Waals surface area contributed by atoms with E-state index in [0.717, 1.165) is 6.07 Å². The first-order valence-electron chi connectivity index (χ1n) is 7.81. The second-order valence-electron chi connectivity index (χ2n) is 6.23. The summed E-state index contributed by atoms with van der Waals surface area (Å²) in [5.74, 6) is -1.04. The van der Waals surface area contributed by atoms with E-state index in [1.165, 1.54) is 48.5 Å². The first-order chi connectivity index (χ1) is 12.2. The predicted octanol–water partition coefficient (Wildman–Crippen LogP) is 3.27. The van der Waals surface area contributed by atoms with Gasteiger partial charge in [0.15, 0.2) is 0 Å². The molecule has 0 atom stereocenters. The van der Waals surface area contributed by atoms with Crippen molar-refractivity contribution in [1.29, 1.82) is 0 Å². The van der Waals surface area contributed by atoms with E-state index in [0.29, 0.717) is 0 Å². The number of hydrogen-bond donors (Lipinski definition) is 6. The SMILES string of the molecule is CC(c1ccc(O)cc1O)(c1cc(O)ccc1O)c1cc(O)ccc1O. The monoisotopic (exact) mass is 354 g/mol. The molecule has 0 fully saturated rings. The van der Waals surface area contributed by atoms with Crippen LogP contribution in [0.25, 0.3) is 0 Å². The molecule has 0 radical (unpaired) electrons. The molecule has 26 heavy (non-hydrogen) atoms. The highest BCUT2D eigenvalue weighted by atomic mass is 16.3. The molecule has 0 amide bonds. The first kappa shape index (κ1) is 17.3. The third-order valence-corrected chi connectivity index (χ3v) is 4.56. The van der Waals surface area contributed by atoms with E-state index in [2.05, 4.69) is 0 Å². The molecule has 0 heterocycles. The third kappa shape index (κ3) is 2.71. The molecule has 0 spiro atoms. The van der Waals surface area contributed by atoms with Crippen molar-refractivity contribution in [3.05, 3.63) is 71.3 Å². The van der Waals surface area contributed by atoms with Crippen molar-refractivity contribution < 1.29 is 30.6 Å². The van der Waals surface area contributed by atoms with E-state index in [1.54, 1.807) is 6.92 Å². The molecule has 0 saturated carbocycles. The van der Waals surface area contributed by atoms with Gasteiger partial charge in [0, 0.05) is 22.8 Å². The van der Waals surface area contributed by atoms with Gasteiger partial charge in [-0.15, -0.1) is 0 Å². The lowest BCUT2D eigenvalue weighted by Crippen LogP contribution is -2.26. The Hall–Kier alpha value is -3.54. The highest BCUT2D eigenvalue weighted by Gasteiger charge is 2.38. The van der Waals surface area contributed by atoms with Gasteiger partial charge in [0.1, 0.15) is 34.5 Å². The Morgan fingerprint density at radius 1 is 0.500 bits per heavy atom. The van der Waals surface area contributed by atoms with Crippen molar-refractivity contribution in [1.82, 2.24) is 0 Å². The average Bonchev–Trinajstić information content (AvgIpc) is 2.58. The Morgan fingerprint density at radius 2 is 0.923 bits per heavy atom. The maximum atomic E-state index is 10.4. The smallest absolute Gasteiger partial charge is 0.123 e. The van der Waals surface area contributed by atoms with Crippen molar-refractivity contribution >= 4 is 0 Å². The number of aromatic hydroxyl groups is 6. The van der Waals surface area contributed by atoms with Crippen molar-refractivity contribution in [2.24, 2.45) is 0 Å². The molecule has 3 aromatic rings. The van der Waals surface area contributed by atoms with Crippen LogP contribution >= 0.6 is 0 Å². The molecule has 0 aromatic heterocycles. The lowest BCUT2D eigenvalue weighted by atomic mass is 9.70. The Bertz CT molecular complexity index is 929. The van der Waals surface area contributed by atoms with Gasteiger partial charge in [-0.3, -0.25) is 0 Å². The van der Waals surface area contributed by atoms with Crippen LogP contribution in [0.1, 0.15) is 23.6 Å². The van der Waals surface area contributed by atoms with E-state index >= 15 is 0 Å². The molecule has 0 saturated heterocycles. The van der Waals surface area contributed by atoms with Crippen LogP contribution in [0.4, 0.5) is 0 Å². The van der Waals surface area contributed by atoms with Crippen LogP contribution < -0.4 is 0 Å². The Morgan fingerprint density at radius 3 is 1.38 bits per heavy atom. The second-order valence-corrected chi connectivity index (χ2v) is 6.23. The van der Waals surface area contributed by atoms with Crippen LogP contribution in [-0.2, 0) is 5.41 Å². The molecule has 0 unspecified atom stereocenters. The summed E-state index contributed by atoms with van der Waals surface area (Å²) in [5.41, 5.74) is -0.723. The molecule has 134 valence electrons. The van der Waals surface area contributed by atoms with Gasteiger partial charge in [-0.2, -0.15) is 0 Å². The van der Waals surface area contributed by atoms with Gasteiger partial charge < -0.3 is 30.6 Å². The van der Waals surface area contributed by atoms with Crippen LogP contribution in [0.3, 0.4) is 0 Å². The topological polar surface area (TPSA) is 121 Å². The molecule has 6 nitrogen and oxygen atoms in total. The lowest BCUT2D eigenvalue weighted by molar-refractivity contribution is 0.416. The Balaban J connectivity index is 2.43. The Labute approximate surface area is 149 Å². The third-order valence-electron chi connectivity index (χ3n) is 4.56. The van der Waals surface area contributed by atoms with E-state index in [-0.39, 0.29) is 51.2 Å². The van der Waals surface area contributed by atoms with Crippen molar-refractivity contribution in [3.8, 4) is 34.5 Å². The summed E-state index contributed by atoms with van der Waals surface area (Å²) in [7, 11) is 0. The van der Waals surface area contributed by atoms with Crippen molar-refractivity contribution in [2.75, 3.05) is 0 Å². The van der Waals surface area contributed by atoms with Crippen LogP contribution in [0.2, 0.25) is 0 Å². The fraction of sp³-hybridized carbons (Fsp3) is 0.100. The summed E-state index contributed by atoms with van der Waals surface area (Å²) in [5, 5.41) is 60.7. The van der Waals surface area contributed by atoms with Crippen LogP contribution in [-0.4, -0.2) is 30.6 Å². The number of hydrogen-bond acceptors (Lipinski definition) is 6. The fourth-order valence-corrected chi connectivity index (χ4v) is 3.23. The second kappa shape index (κ2) is 6.07. The summed E-state index contributed by atoms with van der Waals surface area (Å²) < 4.78 is 0. The number of phenols is 6. The average molecular weight is 354 g/mol. The highest BCUT2D eigenvalue weighted by Crippen LogP contribution is 2.50. The molecule has 0 aliphatic heterocycles. The summed E-state index contributed by atoms with van der Waals surface area (Å²) in [4.78, 5) is 0. The van der Waals surface area contributed by atoms with Gasteiger partial charge in [0.2, 0.25) is 0 Å². The number of rotatable bonds is 3. The van der Waals surface area contributed by atoms with Gasteiger partial charge in [0.05, 0.1) is 5.41 Å².